The largest absolute Gasteiger partial charge is 0.478 e. The average Bonchev–Trinajstić information content (AvgIpc) is 2.24. The third-order valence-corrected chi connectivity index (χ3v) is 5.39. The Bertz CT molecular complexity index is 596. The van der Waals surface area contributed by atoms with Gasteiger partial charge in [0.05, 0.1) is 15.3 Å². The molecule has 106 valence electrons. The number of hydrogen-bond acceptors (Lipinski definition) is 4. The fraction of sp³-hybridized carbons (Fsp3) is 0.417. The molecule has 0 aromatic heterocycles. The first-order chi connectivity index (χ1) is 8.54. The van der Waals surface area contributed by atoms with E-state index >= 15 is 0 Å². The van der Waals surface area contributed by atoms with Crippen LogP contribution in [0.1, 0.15) is 24.2 Å². The minimum absolute atomic E-state index is 0.00888. The lowest BCUT2D eigenvalue weighted by Gasteiger charge is -2.23. The Morgan fingerprint density at radius 1 is 1.42 bits per heavy atom. The Morgan fingerprint density at radius 3 is 2.42 bits per heavy atom. The molecule has 19 heavy (non-hydrogen) atoms. The zero-order valence-electron chi connectivity index (χ0n) is 10.9. The summed E-state index contributed by atoms with van der Waals surface area (Å²) in [5.41, 5.74) is 0.585. The number of benzene rings is 1. The van der Waals surface area contributed by atoms with E-state index in [-0.39, 0.29) is 17.1 Å². The Kier molecular flexibility index (Phi) is 4.47. The predicted molar refractivity (Wildman–Crippen MR) is 75.8 cm³/mol. The van der Waals surface area contributed by atoms with Crippen LogP contribution in [0.25, 0.3) is 0 Å². The molecule has 7 heteroatoms. The molecule has 0 heterocycles. The van der Waals surface area contributed by atoms with Crippen LogP contribution in [0.3, 0.4) is 0 Å². The highest BCUT2D eigenvalue weighted by Crippen LogP contribution is 2.22. The maximum Gasteiger partial charge on any atom is 0.337 e. The lowest BCUT2D eigenvalue weighted by Crippen LogP contribution is -2.38. The van der Waals surface area contributed by atoms with Crippen molar-refractivity contribution in [1.82, 2.24) is 0 Å². The molecule has 0 radical (unpaired) electrons. The van der Waals surface area contributed by atoms with Crippen molar-refractivity contribution < 1.29 is 18.3 Å². The van der Waals surface area contributed by atoms with Crippen LogP contribution in [0.5, 0.6) is 0 Å². The van der Waals surface area contributed by atoms with Crippen molar-refractivity contribution in [2.45, 2.75) is 18.6 Å². The highest BCUT2D eigenvalue weighted by atomic mass is 35.5. The number of carboxylic acids is 1. The first-order valence-electron chi connectivity index (χ1n) is 5.51. The number of rotatable bonds is 5. The van der Waals surface area contributed by atoms with Crippen LogP contribution in [0, 0.1) is 0 Å². The second-order valence-electron chi connectivity index (χ2n) is 4.89. The van der Waals surface area contributed by atoms with E-state index in [1.54, 1.807) is 19.9 Å². The molecule has 0 aliphatic heterocycles. The quantitative estimate of drug-likeness (QED) is 0.872. The van der Waals surface area contributed by atoms with Crippen LogP contribution in [-0.2, 0) is 9.84 Å². The summed E-state index contributed by atoms with van der Waals surface area (Å²) in [6.45, 7) is 3.43. The van der Waals surface area contributed by atoms with E-state index in [4.69, 9.17) is 16.7 Å². The van der Waals surface area contributed by atoms with Crippen molar-refractivity contribution >= 4 is 33.1 Å². The molecule has 0 atom stereocenters. The van der Waals surface area contributed by atoms with Crippen LogP contribution < -0.4 is 5.32 Å². The van der Waals surface area contributed by atoms with Gasteiger partial charge in [0.2, 0.25) is 0 Å². The Labute approximate surface area is 117 Å². The number of carboxylic acid groups (broad SMARTS) is 1. The lowest BCUT2D eigenvalue weighted by atomic mass is 10.1. The van der Waals surface area contributed by atoms with Gasteiger partial charge in [0.25, 0.3) is 0 Å². The van der Waals surface area contributed by atoms with Crippen LogP contribution in [0.2, 0.25) is 5.02 Å². The highest BCUT2D eigenvalue weighted by Gasteiger charge is 2.29. The molecule has 0 saturated carbocycles. The SMILES string of the molecule is CC(C)(CNc1ccc(C(=O)O)c(Cl)c1)S(C)(=O)=O. The number of sulfone groups is 1. The minimum atomic E-state index is -3.19. The predicted octanol–water partition coefficient (Wildman–Crippen LogP) is 2.27. The Hall–Kier alpha value is -1.27. The topological polar surface area (TPSA) is 83.5 Å². The van der Waals surface area contributed by atoms with Gasteiger partial charge in [-0.05, 0) is 32.0 Å². The van der Waals surface area contributed by atoms with Crippen molar-refractivity contribution in [2.75, 3.05) is 18.1 Å². The normalized spacial score (nSPS) is 12.2. The van der Waals surface area contributed by atoms with Crippen LogP contribution in [-0.4, -0.2) is 37.0 Å². The highest BCUT2D eigenvalue weighted by molar-refractivity contribution is 7.92. The minimum Gasteiger partial charge on any atom is -0.478 e. The van der Waals surface area contributed by atoms with Crippen molar-refractivity contribution in [3.05, 3.63) is 28.8 Å². The Morgan fingerprint density at radius 2 is 2.00 bits per heavy atom. The van der Waals surface area contributed by atoms with Crippen molar-refractivity contribution in [3.8, 4) is 0 Å². The summed E-state index contributed by atoms with van der Waals surface area (Å²) >= 11 is 5.83. The second-order valence-corrected chi connectivity index (χ2v) is 7.94. The molecule has 0 fully saturated rings. The van der Waals surface area contributed by atoms with Gasteiger partial charge < -0.3 is 10.4 Å². The first kappa shape index (κ1) is 15.8. The molecule has 0 spiro atoms. The van der Waals surface area contributed by atoms with Gasteiger partial charge in [0.1, 0.15) is 0 Å². The maximum absolute atomic E-state index is 11.5. The summed E-state index contributed by atoms with van der Waals surface area (Å²) in [6, 6.07) is 4.39. The summed E-state index contributed by atoms with van der Waals surface area (Å²) in [6.07, 6.45) is 1.18. The van der Waals surface area contributed by atoms with Crippen molar-refractivity contribution in [2.24, 2.45) is 0 Å². The monoisotopic (exact) mass is 305 g/mol. The standard InChI is InChI=1S/C12H16ClNO4S/c1-12(2,19(3,17)18)7-14-8-4-5-9(11(15)16)10(13)6-8/h4-6,14H,7H2,1-3H3,(H,15,16). The zero-order chi connectivity index (χ0) is 14.8. The van der Waals surface area contributed by atoms with Gasteiger partial charge in [-0.1, -0.05) is 11.6 Å². The van der Waals surface area contributed by atoms with E-state index < -0.39 is 20.6 Å². The molecule has 2 N–H and O–H groups in total. The molecule has 5 nitrogen and oxygen atoms in total. The van der Waals surface area contributed by atoms with E-state index in [9.17, 15) is 13.2 Å². The molecule has 0 saturated heterocycles. The van der Waals surface area contributed by atoms with Gasteiger partial charge in [-0.15, -0.1) is 0 Å². The third kappa shape index (κ3) is 3.84. The number of halogens is 1. The summed E-state index contributed by atoms with van der Waals surface area (Å²) in [7, 11) is -3.19. The van der Waals surface area contributed by atoms with E-state index in [1.165, 1.54) is 18.4 Å². The van der Waals surface area contributed by atoms with Gasteiger partial charge in [0.15, 0.2) is 9.84 Å². The molecule has 1 aromatic carbocycles. The van der Waals surface area contributed by atoms with Gasteiger partial charge in [0, 0.05) is 18.5 Å². The fourth-order valence-corrected chi connectivity index (χ4v) is 1.84. The van der Waals surface area contributed by atoms with Gasteiger partial charge >= 0.3 is 5.97 Å². The fourth-order valence-electron chi connectivity index (χ4n) is 1.24. The van der Waals surface area contributed by atoms with Crippen LogP contribution in [0.4, 0.5) is 5.69 Å². The van der Waals surface area contributed by atoms with E-state index in [1.807, 2.05) is 0 Å². The number of carbonyl (C=O) groups is 1. The van der Waals surface area contributed by atoms with E-state index in [0.29, 0.717) is 5.69 Å². The zero-order valence-corrected chi connectivity index (χ0v) is 12.5. The van der Waals surface area contributed by atoms with E-state index in [2.05, 4.69) is 5.32 Å². The average molecular weight is 306 g/mol. The van der Waals surface area contributed by atoms with Gasteiger partial charge in [-0.3, -0.25) is 0 Å². The Balaban J connectivity index is 2.86. The number of anilines is 1. The molecule has 1 rings (SSSR count). The molecule has 0 aliphatic rings. The van der Waals surface area contributed by atoms with Crippen LogP contribution >= 0.6 is 11.6 Å². The first-order valence-corrected chi connectivity index (χ1v) is 7.78. The van der Waals surface area contributed by atoms with Crippen molar-refractivity contribution in [1.29, 1.82) is 0 Å². The molecule has 0 amide bonds. The number of hydrogen-bond donors (Lipinski definition) is 2. The molecular weight excluding hydrogens is 290 g/mol. The smallest absolute Gasteiger partial charge is 0.337 e. The third-order valence-electron chi connectivity index (χ3n) is 2.92. The second kappa shape index (κ2) is 5.38. The molecular formula is C12H16ClNO4S. The summed E-state index contributed by atoms with van der Waals surface area (Å²) in [4.78, 5) is 10.8. The molecule has 1 aromatic rings. The lowest BCUT2D eigenvalue weighted by molar-refractivity contribution is 0.0697. The summed E-state index contributed by atoms with van der Waals surface area (Å²) < 4.78 is 22.2. The number of aromatic carboxylic acids is 1. The van der Waals surface area contributed by atoms with Gasteiger partial charge in [-0.2, -0.15) is 0 Å². The summed E-state index contributed by atoms with van der Waals surface area (Å²) in [5, 5.41) is 11.9. The van der Waals surface area contributed by atoms with E-state index in [0.717, 1.165) is 0 Å². The maximum atomic E-state index is 11.5. The van der Waals surface area contributed by atoms with Crippen molar-refractivity contribution in [3.63, 3.8) is 0 Å². The summed E-state index contributed by atoms with van der Waals surface area (Å²) in [5.74, 6) is -1.10. The van der Waals surface area contributed by atoms with Gasteiger partial charge in [-0.25, -0.2) is 13.2 Å². The molecule has 0 bridgehead atoms. The van der Waals surface area contributed by atoms with Crippen LogP contribution in [0.15, 0.2) is 18.2 Å². The number of nitrogens with one attached hydrogen (secondary N) is 1. The molecule has 0 unspecified atom stereocenters. The molecule has 0 aliphatic carbocycles.